The maximum Gasteiger partial charge on any atom is 0.311 e. The second-order valence-electron chi connectivity index (χ2n) is 19.2. The molecule has 0 unspecified atom stereocenters. The number of halogens is 2. The van der Waals surface area contributed by atoms with Crippen LogP contribution in [0.3, 0.4) is 0 Å². The van der Waals surface area contributed by atoms with Gasteiger partial charge in [-0.25, -0.2) is 13.1 Å². The molecule has 0 aromatic heterocycles. The molecule has 17 nitrogen and oxygen atoms in total. The molecule has 0 amide bonds. The molecule has 1 aromatic carbocycles. The Kier molecular flexibility index (Phi) is 19.3. The minimum Gasteiger partial charge on any atom is -0.459 e. The van der Waals surface area contributed by atoms with E-state index in [4.69, 9.17) is 56.4 Å². The second-order valence-corrected chi connectivity index (χ2v) is 21.8. The third kappa shape index (κ3) is 12.8. The van der Waals surface area contributed by atoms with E-state index in [1.807, 2.05) is 6.92 Å². The van der Waals surface area contributed by atoms with Crippen LogP contribution in [0.2, 0.25) is 10.0 Å². The lowest BCUT2D eigenvalue weighted by atomic mass is 9.74. The van der Waals surface area contributed by atoms with Crippen LogP contribution in [0.4, 0.5) is 0 Å². The average molecular weight is 986 g/mol. The van der Waals surface area contributed by atoms with Gasteiger partial charge in [-0.3, -0.25) is 14.5 Å². The molecule has 0 radical (unpaired) electrons. The zero-order valence-corrected chi connectivity index (χ0v) is 42.4. The molecule has 3 heterocycles. The van der Waals surface area contributed by atoms with Crippen LogP contribution in [0.25, 0.3) is 0 Å². The van der Waals surface area contributed by atoms with Gasteiger partial charge >= 0.3 is 5.97 Å². The van der Waals surface area contributed by atoms with Crippen molar-refractivity contribution in [2.24, 2.45) is 23.7 Å². The normalized spacial score (nSPS) is 41.8. The van der Waals surface area contributed by atoms with Crippen molar-refractivity contribution >= 4 is 45.0 Å². The number of nitrogens with zero attached hydrogens (tertiary/aromatic N) is 1. The zero-order valence-electron chi connectivity index (χ0n) is 40.0. The highest BCUT2D eigenvalue weighted by atomic mass is 35.5. The zero-order chi connectivity index (χ0) is 49.1. The molecule has 3 aliphatic rings. The maximum absolute atomic E-state index is 14.4. The SMILES string of the molecule is CC[C@H]1OC(=O)[C@H](C)[C@@H](O[C@H]2C[C@@](C)(OC)[C@@H](O)[C@H](C)O2)[C@H](C)[C@@H](O[C@H]2O[C@H](C)C[C@H](N(C)CCNS(=O)(=O)c3cc(Cl)cc(Cl)c3)[C@H]2O)[C@](C)(OC)C[C@@H](C)C(=O)[C@H](C)[C@@H](O)[C@]1(C)O. The number of ketones is 1. The molecule has 3 saturated heterocycles. The molecule has 0 saturated carbocycles. The summed E-state index contributed by atoms with van der Waals surface area (Å²) in [6.07, 6.45) is -10.4. The number of rotatable bonds is 13. The van der Waals surface area contributed by atoms with Gasteiger partial charge in [0.25, 0.3) is 0 Å². The molecule has 1 aromatic rings. The van der Waals surface area contributed by atoms with Crippen molar-refractivity contribution in [2.45, 2.75) is 184 Å². The van der Waals surface area contributed by atoms with Gasteiger partial charge in [0.2, 0.25) is 10.0 Å². The number of cyclic esters (lactones) is 1. The smallest absolute Gasteiger partial charge is 0.311 e. The first-order chi connectivity index (χ1) is 30.1. The molecule has 20 heteroatoms. The van der Waals surface area contributed by atoms with Crippen LogP contribution >= 0.6 is 23.2 Å². The molecular weight excluding hydrogens is 911 g/mol. The number of Topliss-reactive ketones (excluding diaryl/α,β-unsaturated/α-hetero) is 1. The number of aliphatic hydroxyl groups excluding tert-OH is 3. The van der Waals surface area contributed by atoms with Gasteiger partial charge in [0, 0.05) is 67.6 Å². The lowest BCUT2D eigenvalue weighted by molar-refractivity contribution is -0.319. The largest absolute Gasteiger partial charge is 0.459 e. The van der Waals surface area contributed by atoms with E-state index in [0.29, 0.717) is 6.42 Å². The van der Waals surface area contributed by atoms with Gasteiger partial charge in [-0.2, -0.15) is 0 Å². The predicted octanol–water partition coefficient (Wildman–Crippen LogP) is 4.10. The maximum atomic E-state index is 14.4. The number of benzene rings is 1. The molecule has 374 valence electrons. The van der Waals surface area contributed by atoms with Crippen molar-refractivity contribution < 1.29 is 71.6 Å². The lowest BCUT2D eigenvalue weighted by Gasteiger charge is -2.50. The molecular formula is C45H74Cl2N2O15S. The fourth-order valence-corrected chi connectivity index (χ4v) is 11.5. The minimum absolute atomic E-state index is 0.0177. The first-order valence-electron chi connectivity index (χ1n) is 22.5. The Morgan fingerprint density at radius 3 is 2.05 bits per heavy atom. The number of ether oxygens (including phenoxy) is 7. The van der Waals surface area contributed by atoms with E-state index >= 15 is 0 Å². The van der Waals surface area contributed by atoms with Gasteiger partial charge in [-0.15, -0.1) is 0 Å². The summed E-state index contributed by atoms with van der Waals surface area (Å²) in [5, 5.41) is 46.8. The molecule has 65 heavy (non-hydrogen) atoms. The molecule has 0 spiro atoms. The van der Waals surface area contributed by atoms with Crippen LogP contribution in [0, 0.1) is 23.7 Å². The summed E-state index contributed by atoms with van der Waals surface area (Å²) >= 11 is 12.1. The lowest BCUT2D eigenvalue weighted by Crippen LogP contribution is -2.62. The van der Waals surface area contributed by atoms with Crippen molar-refractivity contribution in [1.82, 2.24) is 9.62 Å². The number of hydrogen-bond acceptors (Lipinski definition) is 16. The molecule has 3 fully saturated rings. The fraction of sp³-hybridized carbons (Fsp3) is 0.822. The summed E-state index contributed by atoms with van der Waals surface area (Å²) < 4.78 is 73.1. The average Bonchev–Trinajstić information content (AvgIpc) is 3.24. The number of methoxy groups -OCH3 is 2. The summed E-state index contributed by atoms with van der Waals surface area (Å²) in [5.74, 6) is -4.97. The number of esters is 1. The van der Waals surface area contributed by atoms with Gasteiger partial charge in [0.15, 0.2) is 12.6 Å². The summed E-state index contributed by atoms with van der Waals surface area (Å²) in [6, 6.07) is 3.41. The fourth-order valence-electron chi connectivity index (χ4n) is 9.80. The molecule has 0 aliphatic carbocycles. The van der Waals surface area contributed by atoms with Crippen LogP contribution in [0.15, 0.2) is 23.1 Å². The number of aliphatic hydroxyl groups is 4. The van der Waals surface area contributed by atoms with Gasteiger partial charge in [-0.1, -0.05) is 50.9 Å². The molecule has 3 aliphatic heterocycles. The predicted molar refractivity (Wildman–Crippen MR) is 242 cm³/mol. The number of carbonyl (C=O) groups is 2. The number of carbonyl (C=O) groups excluding carboxylic acids is 2. The van der Waals surface area contributed by atoms with E-state index in [0.717, 1.165) is 0 Å². The summed E-state index contributed by atoms with van der Waals surface area (Å²) in [5.41, 5.74) is -4.50. The standard InChI is InChI=1S/C45H74Cl2N2O15S/c1-14-33-45(10,55)38(52)25(4)35(50)23(2)21-44(9,59-13)40(26(5)37(27(6)41(54)62-33)63-34-22-43(8,58-12)39(53)28(7)61-34)64-42-36(51)32(17-24(3)60-42)49(11)16-15-48-65(56,57)31-19-29(46)18-30(47)20-31/h18-20,23-28,32-34,36-40,42,48,51-53,55H,14-17,21-22H2,1-13H3/t23-,24-,25+,26+,27-,28+,32+,33-,34+,36-,37+,38-,39+,40-,42-,43-,44-,45-/m1/s1. The first kappa shape index (κ1) is 56.0. The Morgan fingerprint density at radius 1 is 0.877 bits per heavy atom. The first-order valence-corrected chi connectivity index (χ1v) is 24.7. The second kappa shape index (κ2) is 22.4. The van der Waals surface area contributed by atoms with Crippen molar-refractivity contribution in [3.05, 3.63) is 28.2 Å². The topological polar surface area (TPSA) is 229 Å². The van der Waals surface area contributed by atoms with E-state index in [1.54, 1.807) is 60.4 Å². The third-order valence-electron chi connectivity index (χ3n) is 14.1. The highest BCUT2D eigenvalue weighted by molar-refractivity contribution is 7.89. The van der Waals surface area contributed by atoms with Crippen LogP contribution < -0.4 is 4.72 Å². The van der Waals surface area contributed by atoms with Gasteiger partial charge in [0.05, 0.1) is 52.5 Å². The van der Waals surface area contributed by atoms with Gasteiger partial charge in [-0.05, 0) is 86.1 Å². The summed E-state index contributed by atoms with van der Waals surface area (Å²) in [6.45, 7) is 16.8. The van der Waals surface area contributed by atoms with E-state index in [2.05, 4.69) is 4.72 Å². The van der Waals surface area contributed by atoms with Gasteiger partial charge < -0.3 is 53.6 Å². The van der Waals surface area contributed by atoms with Crippen LogP contribution in [0.5, 0.6) is 0 Å². The third-order valence-corrected chi connectivity index (χ3v) is 16.0. The number of nitrogens with one attached hydrogen (secondary N) is 1. The number of hydrogen-bond donors (Lipinski definition) is 5. The Morgan fingerprint density at radius 2 is 1.48 bits per heavy atom. The number of sulfonamides is 1. The van der Waals surface area contributed by atoms with Crippen LogP contribution in [-0.2, 0) is 52.8 Å². The Hall–Kier alpha value is -1.59. The van der Waals surface area contributed by atoms with Crippen molar-refractivity contribution in [3.8, 4) is 0 Å². The van der Waals surface area contributed by atoms with E-state index in [1.165, 1.54) is 46.3 Å². The highest BCUT2D eigenvalue weighted by Gasteiger charge is 2.54. The van der Waals surface area contributed by atoms with Gasteiger partial charge in [0.1, 0.15) is 29.7 Å². The summed E-state index contributed by atoms with van der Waals surface area (Å²) in [4.78, 5) is 30.3. The van der Waals surface area contributed by atoms with E-state index < -0.39 is 124 Å². The minimum atomic E-state index is -3.99. The molecule has 4 rings (SSSR count). The quantitative estimate of drug-likeness (QED) is 0.175. The Balaban J connectivity index is 1.75. The van der Waals surface area contributed by atoms with Crippen LogP contribution in [0.1, 0.15) is 94.9 Å². The monoisotopic (exact) mass is 984 g/mol. The van der Waals surface area contributed by atoms with E-state index in [9.17, 15) is 38.4 Å². The Labute approximate surface area is 395 Å². The highest BCUT2D eigenvalue weighted by Crippen LogP contribution is 2.42. The van der Waals surface area contributed by atoms with Crippen molar-refractivity contribution in [2.75, 3.05) is 34.4 Å². The molecule has 18 atom stereocenters. The molecule has 0 bridgehead atoms. The van der Waals surface area contributed by atoms with Crippen molar-refractivity contribution in [3.63, 3.8) is 0 Å². The summed E-state index contributed by atoms with van der Waals surface area (Å²) in [7, 11) is 0.688. The van der Waals surface area contributed by atoms with E-state index in [-0.39, 0.29) is 53.1 Å². The molecule has 5 N–H and O–H groups in total. The van der Waals surface area contributed by atoms with Crippen LogP contribution in [-0.4, -0.2) is 164 Å². The van der Waals surface area contributed by atoms with Crippen molar-refractivity contribution in [1.29, 1.82) is 0 Å². The number of likely N-dealkylation sites (N-methyl/N-ethyl adjacent to an activating group) is 1. The Bertz CT molecular complexity index is 1860.